The van der Waals surface area contributed by atoms with E-state index < -0.39 is 0 Å². The van der Waals surface area contributed by atoms with Crippen LogP contribution in [0, 0.1) is 12.7 Å². The summed E-state index contributed by atoms with van der Waals surface area (Å²) < 4.78 is 19.1. The van der Waals surface area contributed by atoms with E-state index in [4.69, 9.17) is 10.5 Å². The molecule has 2 rings (SSSR count). The van der Waals surface area contributed by atoms with Gasteiger partial charge >= 0.3 is 0 Å². The summed E-state index contributed by atoms with van der Waals surface area (Å²) >= 11 is 0. The van der Waals surface area contributed by atoms with Crippen molar-refractivity contribution >= 4 is 0 Å². The third-order valence-corrected chi connectivity index (χ3v) is 2.58. The number of hydrogen-bond donors (Lipinski definition) is 1. The molecule has 0 aliphatic carbocycles. The quantitative estimate of drug-likeness (QED) is 0.903. The van der Waals surface area contributed by atoms with Crippen molar-refractivity contribution in [3.8, 4) is 11.5 Å². The Morgan fingerprint density at radius 2 is 1.94 bits per heavy atom. The van der Waals surface area contributed by atoms with Crippen molar-refractivity contribution in [3.63, 3.8) is 0 Å². The minimum Gasteiger partial charge on any atom is -0.456 e. The smallest absolute Gasteiger partial charge is 0.145 e. The molecule has 1 atom stereocenters. The predicted octanol–water partition coefficient (Wildman–Crippen LogP) is 3.34. The summed E-state index contributed by atoms with van der Waals surface area (Å²) in [6.45, 7) is 3.63. The minimum atomic E-state index is -0.371. The highest BCUT2D eigenvalue weighted by Crippen LogP contribution is 2.25. The van der Waals surface area contributed by atoms with Crippen molar-refractivity contribution in [2.45, 2.75) is 19.9 Å². The summed E-state index contributed by atoms with van der Waals surface area (Å²) in [7, 11) is 0. The Bertz CT molecular complexity index is 538. The molecule has 2 N–H and O–H groups in total. The molecule has 0 bridgehead atoms. The Balaban J connectivity index is 2.24. The fourth-order valence-corrected chi connectivity index (χ4v) is 1.58. The Hall–Kier alpha value is -1.94. The lowest BCUT2D eigenvalue weighted by Gasteiger charge is -2.10. The lowest BCUT2D eigenvalue weighted by molar-refractivity contribution is 0.475. The molecule has 4 heteroatoms. The number of nitrogens with two attached hydrogens (primary N) is 1. The maximum atomic E-state index is 13.5. The number of halogens is 1. The lowest BCUT2D eigenvalue weighted by atomic mass is 10.1. The molecule has 0 aliphatic heterocycles. The Morgan fingerprint density at radius 3 is 2.56 bits per heavy atom. The standard InChI is InChI=1S/C14H15FN2O/c1-9-3-4-12(8-17-9)18-11-5-6-14(15)13(7-11)10(2)16/h3-8,10H,16H2,1-2H3. The highest BCUT2D eigenvalue weighted by atomic mass is 19.1. The van der Waals surface area contributed by atoms with Crippen LogP contribution in [0.15, 0.2) is 36.5 Å². The molecule has 0 amide bonds. The van der Waals surface area contributed by atoms with Gasteiger partial charge in [-0.1, -0.05) is 0 Å². The second kappa shape index (κ2) is 5.14. The average Bonchev–Trinajstić information content (AvgIpc) is 2.34. The van der Waals surface area contributed by atoms with Crippen LogP contribution >= 0.6 is 0 Å². The van der Waals surface area contributed by atoms with E-state index in [0.29, 0.717) is 17.1 Å². The predicted molar refractivity (Wildman–Crippen MR) is 68.1 cm³/mol. The molecule has 3 nitrogen and oxygen atoms in total. The first kappa shape index (κ1) is 12.5. The van der Waals surface area contributed by atoms with Gasteiger partial charge in [0.05, 0.1) is 6.20 Å². The molecular formula is C14H15FN2O. The number of pyridine rings is 1. The van der Waals surface area contributed by atoms with Gasteiger partial charge in [-0.2, -0.15) is 0 Å². The number of ether oxygens (including phenoxy) is 1. The molecule has 0 aliphatic rings. The van der Waals surface area contributed by atoms with E-state index in [2.05, 4.69) is 4.98 Å². The van der Waals surface area contributed by atoms with Crippen LogP contribution in [-0.2, 0) is 0 Å². The Labute approximate surface area is 105 Å². The van der Waals surface area contributed by atoms with Crippen molar-refractivity contribution in [2.75, 3.05) is 0 Å². The first-order valence-electron chi connectivity index (χ1n) is 5.72. The van der Waals surface area contributed by atoms with Crippen LogP contribution in [0.2, 0.25) is 0 Å². The van der Waals surface area contributed by atoms with Crippen LogP contribution in [0.25, 0.3) is 0 Å². The molecule has 0 radical (unpaired) electrons. The van der Waals surface area contributed by atoms with E-state index in [0.717, 1.165) is 5.69 Å². The van der Waals surface area contributed by atoms with Gasteiger partial charge in [-0.3, -0.25) is 4.98 Å². The van der Waals surface area contributed by atoms with Crippen molar-refractivity contribution in [1.29, 1.82) is 0 Å². The second-order valence-electron chi connectivity index (χ2n) is 4.21. The third kappa shape index (κ3) is 2.84. The fraction of sp³-hybridized carbons (Fsp3) is 0.214. The maximum Gasteiger partial charge on any atom is 0.145 e. The zero-order valence-electron chi connectivity index (χ0n) is 10.4. The summed E-state index contributed by atoms with van der Waals surface area (Å²) in [4.78, 5) is 4.13. The zero-order valence-corrected chi connectivity index (χ0v) is 10.4. The molecule has 1 aromatic heterocycles. The number of rotatable bonds is 3. The van der Waals surface area contributed by atoms with Crippen LogP contribution < -0.4 is 10.5 Å². The van der Waals surface area contributed by atoms with E-state index in [1.807, 2.05) is 19.1 Å². The summed E-state index contributed by atoms with van der Waals surface area (Å²) in [6, 6.07) is 7.84. The van der Waals surface area contributed by atoms with E-state index in [1.54, 1.807) is 25.3 Å². The molecule has 0 spiro atoms. The first-order chi connectivity index (χ1) is 8.56. The molecule has 94 valence electrons. The van der Waals surface area contributed by atoms with Crippen molar-refractivity contribution in [2.24, 2.45) is 5.73 Å². The lowest BCUT2D eigenvalue weighted by Crippen LogP contribution is -2.07. The molecule has 1 heterocycles. The number of aryl methyl sites for hydroxylation is 1. The highest BCUT2D eigenvalue weighted by molar-refractivity contribution is 5.35. The zero-order chi connectivity index (χ0) is 13.1. The van der Waals surface area contributed by atoms with Crippen molar-refractivity contribution in [1.82, 2.24) is 4.98 Å². The Kier molecular flexibility index (Phi) is 3.58. The third-order valence-electron chi connectivity index (χ3n) is 2.58. The van der Waals surface area contributed by atoms with Gasteiger partial charge in [-0.25, -0.2) is 4.39 Å². The first-order valence-corrected chi connectivity index (χ1v) is 5.72. The summed E-state index contributed by atoms with van der Waals surface area (Å²) in [6.07, 6.45) is 1.63. The van der Waals surface area contributed by atoms with Gasteiger partial charge in [0, 0.05) is 17.3 Å². The van der Waals surface area contributed by atoms with Crippen LogP contribution in [-0.4, -0.2) is 4.98 Å². The largest absolute Gasteiger partial charge is 0.456 e. The Morgan fingerprint density at radius 1 is 1.22 bits per heavy atom. The average molecular weight is 246 g/mol. The van der Waals surface area contributed by atoms with Gasteiger partial charge in [0.15, 0.2) is 0 Å². The SMILES string of the molecule is Cc1ccc(Oc2ccc(F)c(C(C)N)c2)cn1. The molecule has 0 fully saturated rings. The number of aromatic nitrogens is 1. The van der Waals surface area contributed by atoms with Crippen LogP contribution in [0.5, 0.6) is 11.5 Å². The monoisotopic (exact) mass is 246 g/mol. The van der Waals surface area contributed by atoms with E-state index in [9.17, 15) is 4.39 Å². The van der Waals surface area contributed by atoms with Gasteiger partial charge < -0.3 is 10.5 Å². The molecular weight excluding hydrogens is 231 g/mol. The molecule has 18 heavy (non-hydrogen) atoms. The van der Waals surface area contributed by atoms with Crippen LogP contribution in [0.1, 0.15) is 24.2 Å². The summed E-state index contributed by atoms with van der Waals surface area (Å²) in [5.74, 6) is 0.844. The van der Waals surface area contributed by atoms with Crippen molar-refractivity contribution < 1.29 is 9.13 Å². The topological polar surface area (TPSA) is 48.1 Å². The van der Waals surface area contributed by atoms with Gasteiger partial charge in [-0.15, -0.1) is 0 Å². The normalized spacial score (nSPS) is 12.2. The minimum absolute atomic E-state index is 0.320. The number of hydrogen-bond acceptors (Lipinski definition) is 3. The fourth-order valence-electron chi connectivity index (χ4n) is 1.58. The molecule has 1 aromatic carbocycles. The van der Waals surface area contributed by atoms with E-state index in [-0.39, 0.29) is 11.9 Å². The highest BCUT2D eigenvalue weighted by Gasteiger charge is 2.09. The van der Waals surface area contributed by atoms with Gasteiger partial charge in [-0.05, 0) is 44.2 Å². The van der Waals surface area contributed by atoms with E-state index >= 15 is 0 Å². The molecule has 2 aromatic rings. The maximum absolute atomic E-state index is 13.5. The molecule has 0 saturated heterocycles. The summed E-state index contributed by atoms with van der Waals surface area (Å²) in [5, 5.41) is 0. The van der Waals surface area contributed by atoms with Crippen molar-refractivity contribution in [3.05, 3.63) is 53.6 Å². The van der Waals surface area contributed by atoms with Gasteiger partial charge in [0.25, 0.3) is 0 Å². The van der Waals surface area contributed by atoms with Gasteiger partial charge in [0.2, 0.25) is 0 Å². The number of nitrogens with zero attached hydrogens (tertiary/aromatic N) is 1. The number of benzene rings is 1. The van der Waals surface area contributed by atoms with Crippen LogP contribution in [0.4, 0.5) is 4.39 Å². The van der Waals surface area contributed by atoms with Crippen LogP contribution in [0.3, 0.4) is 0 Å². The molecule has 0 saturated carbocycles. The van der Waals surface area contributed by atoms with E-state index in [1.165, 1.54) is 6.07 Å². The summed E-state index contributed by atoms with van der Waals surface area (Å²) in [5.41, 5.74) is 7.04. The second-order valence-corrected chi connectivity index (χ2v) is 4.21. The molecule has 1 unspecified atom stereocenters. The van der Waals surface area contributed by atoms with Gasteiger partial charge in [0.1, 0.15) is 17.3 Å².